The number of ether oxygens (including phenoxy) is 1. The van der Waals surface area contributed by atoms with Crippen molar-refractivity contribution in [3.63, 3.8) is 0 Å². The maximum atomic E-state index is 16.0. The summed E-state index contributed by atoms with van der Waals surface area (Å²) in [5, 5.41) is 53.0. The fourth-order valence-electron chi connectivity index (χ4n) is 5.04. The molecule has 5 N–H and O–H groups in total. The number of benzene rings is 2. The fourth-order valence-corrected chi connectivity index (χ4v) is 5.28. The lowest BCUT2D eigenvalue weighted by molar-refractivity contribution is -0.484. The largest absolute Gasteiger partial charge is 0.343 e. The van der Waals surface area contributed by atoms with E-state index < -0.39 is 52.7 Å². The zero-order chi connectivity index (χ0) is 29.3. The van der Waals surface area contributed by atoms with E-state index in [0.29, 0.717) is 5.02 Å². The molecule has 5 rings (SSSR count). The van der Waals surface area contributed by atoms with Crippen LogP contribution >= 0.6 is 23.2 Å². The van der Waals surface area contributed by atoms with Crippen LogP contribution in [0.5, 0.6) is 0 Å². The molecule has 40 heavy (non-hydrogen) atoms. The third kappa shape index (κ3) is 4.39. The van der Waals surface area contributed by atoms with Gasteiger partial charge in [0, 0.05) is 22.3 Å². The number of aromatic nitrogens is 1. The minimum Gasteiger partial charge on any atom is -0.343 e. The highest BCUT2D eigenvalue weighted by Gasteiger charge is 2.74. The van der Waals surface area contributed by atoms with E-state index in [0.717, 1.165) is 17.0 Å². The molecule has 2 heterocycles. The topological polar surface area (TPSA) is 161 Å². The van der Waals surface area contributed by atoms with Crippen molar-refractivity contribution in [1.82, 2.24) is 9.88 Å². The summed E-state index contributed by atoms with van der Waals surface area (Å²) < 4.78 is 21.9. The molecule has 0 radical (unpaired) electrons. The van der Waals surface area contributed by atoms with Crippen LogP contribution in [-0.2, 0) is 17.0 Å². The number of hydrogen-bond acceptors (Lipinski definition) is 9. The molecule has 1 amide bonds. The SMILES string of the molecule is CC(=O)c1cc(F)c2c(c1)C(=O)N(Cc1ccc(Cl)cn1)[C@@]2(OC(O)(O)C1(C(O)(O)O)CC1)c1ccc(Cl)cc1. The van der Waals surface area contributed by atoms with E-state index in [2.05, 4.69) is 4.98 Å². The minimum absolute atomic E-state index is 0.0184. The number of hydrogen-bond donors (Lipinski definition) is 5. The second kappa shape index (κ2) is 9.54. The number of fused-ring (bicyclic) bond motifs is 1. The van der Waals surface area contributed by atoms with Crippen LogP contribution in [0, 0.1) is 11.2 Å². The first kappa shape index (κ1) is 28.5. The number of amides is 1. The van der Waals surface area contributed by atoms with Crippen LogP contribution in [0.4, 0.5) is 4.39 Å². The van der Waals surface area contributed by atoms with E-state index in [4.69, 9.17) is 27.9 Å². The number of halogens is 3. The van der Waals surface area contributed by atoms with Crippen LogP contribution in [0.15, 0.2) is 54.7 Å². The number of pyridine rings is 1. The average Bonchev–Trinajstić information content (AvgIpc) is 3.67. The van der Waals surface area contributed by atoms with Gasteiger partial charge in [0.15, 0.2) is 5.78 Å². The lowest BCUT2D eigenvalue weighted by Gasteiger charge is -2.46. The highest BCUT2D eigenvalue weighted by molar-refractivity contribution is 6.30. The maximum Gasteiger partial charge on any atom is 0.294 e. The van der Waals surface area contributed by atoms with Gasteiger partial charge in [0.1, 0.15) is 11.2 Å². The molecule has 0 unspecified atom stereocenters. The fraction of sp³-hybridized carbons (Fsp3) is 0.296. The Morgan fingerprint density at radius 2 is 1.68 bits per heavy atom. The van der Waals surface area contributed by atoms with Gasteiger partial charge in [-0.25, -0.2) is 4.39 Å². The number of carbonyl (C=O) groups excluding carboxylic acids is 2. The predicted molar refractivity (Wildman–Crippen MR) is 137 cm³/mol. The molecule has 1 aromatic heterocycles. The smallest absolute Gasteiger partial charge is 0.294 e. The standard InChI is InChI=1S/C27H23Cl2FN2O8/c1-14(33)15-10-20-22(21(30)11-15)25(16-2-4-17(28)5-3-16,40-27(38,39)24(8-9-24)26(35,36)37)32(23(20)34)13-19-7-6-18(29)12-31-19/h2-7,10-12,35-39H,8-9,13H2,1H3/t25-/m1/s1. The molecule has 1 atom stereocenters. The van der Waals surface area contributed by atoms with E-state index in [1.165, 1.54) is 49.5 Å². The number of ketones is 1. The Bertz CT molecular complexity index is 1500. The Hall–Kier alpha value is -3.00. The summed E-state index contributed by atoms with van der Waals surface area (Å²) in [7, 11) is 0. The van der Waals surface area contributed by atoms with Gasteiger partial charge in [-0.3, -0.25) is 24.2 Å². The molecule has 1 aliphatic carbocycles. The first-order valence-electron chi connectivity index (χ1n) is 12.0. The molecule has 3 aromatic rings. The summed E-state index contributed by atoms with van der Waals surface area (Å²) >= 11 is 12.0. The molecule has 0 bridgehead atoms. The predicted octanol–water partition coefficient (Wildman–Crippen LogP) is 2.65. The summed E-state index contributed by atoms with van der Waals surface area (Å²) in [4.78, 5) is 31.2. The normalized spacial score (nSPS) is 20.0. The van der Waals surface area contributed by atoms with E-state index >= 15 is 4.39 Å². The van der Waals surface area contributed by atoms with Gasteiger partial charge in [-0.15, -0.1) is 0 Å². The maximum absolute atomic E-state index is 16.0. The highest BCUT2D eigenvalue weighted by Crippen LogP contribution is 2.62. The highest BCUT2D eigenvalue weighted by atomic mass is 35.5. The third-order valence-electron chi connectivity index (χ3n) is 7.34. The number of rotatable bonds is 8. The molecule has 10 nitrogen and oxygen atoms in total. The molecule has 2 aromatic carbocycles. The summed E-state index contributed by atoms with van der Waals surface area (Å²) in [6.45, 7) is 0.791. The number of Topliss-reactive ketones (excluding diaryl/α,β-unsaturated/α-hetero) is 1. The van der Waals surface area contributed by atoms with Crippen LogP contribution in [0.3, 0.4) is 0 Å². The zero-order valence-corrected chi connectivity index (χ0v) is 22.3. The first-order valence-corrected chi connectivity index (χ1v) is 12.7. The molecule has 0 saturated heterocycles. The molecular weight excluding hydrogens is 570 g/mol. The van der Waals surface area contributed by atoms with Crippen molar-refractivity contribution in [2.75, 3.05) is 0 Å². The number of nitrogens with zero attached hydrogens (tertiary/aromatic N) is 2. The van der Waals surface area contributed by atoms with Crippen molar-refractivity contribution >= 4 is 34.9 Å². The summed E-state index contributed by atoms with van der Waals surface area (Å²) in [6.07, 6.45) is 0.681. The molecule has 210 valence electrons. The first-order chi connectivity index (χ1) is 18.6. The van der Waals surface area contributed by atoms with Crippen LogP contribution in [0.1, 0.15) is 57.3 Å². The van der Waals surface area contributed by atoms with Gasteiger partial charge in [-0.05, 0) is 56.2 Å². The summed E-state index contributed by atoms with van der Waals surface area (Å²) in [5.74, 6) is -9.67. The third-order valence-corrected chi connectivity index (χ3v) is 7.82. The molecular formula is C27H23Cl2FN2O8. The molecule has 13 heteroatoms. The van der Waals surface area contributed by atoms with Crippen molar-refractivity contribution in [3.8, 4) is 0 Å². The lowest BCUT2D eigenvalue weighted by Crippen LogP contribution is -2.61. The Balaban J connectivity index is 1.81. The second-order valence-electron chi connectivity index (χ2n) is 9.87. The number of aliphatic hydroxyl groups is 5. The van der Waals surface area contributed by atoms with Crippen LogP contribution in [-0.4, -0.2) is 59.1 Å². The van der Waals surface area contributed by atoms with Crippen molar-refractivity contribution in [2.45, 2.75) is 44.0 Å². The van der Waals surface area contributed by atoms with E-state index in [-0.39, 0.29) is 40.2 Å². The van der Waals surface area contributed by atoms with Gasteiger partial charge in [-0.2, -0.15) is 0 Å². The van der Waals surface area contributed by atoms with Crippen molar-refractivity contribution < 1.29 is 44.2 Å². The van der Waals surface area contributed by atoms with Gasteiger partial charge in [0.25, 0.3) is 17.9 Å². The average molecular weight is 593 g/mol. The zero-order valence-electron chi connectivity index (χ0n) is 20.8. The van der Waals surface area contributed by atoms with Crippen molar-refractivity contribution in [1.29, 1.82) is 0 Å². The Kier molecular flexibility index (Phi) is 6.80. The van der Waals surface area contributed by atoms with Gasteiger partial charge in [0.2, 0.25) is 5.72 Å². The van der Waals surface area contributed by atoms with Crippen molar-refractivity contribution in [3.05, 3.63) is 98.5 Å². The van der Waals surface area contributed by atoms with E-state index in [9.17, 15) is 35.1 Å². The van der Waals surface area contributed by atoms with Gasteiger partial charge >= 0.3 is 0 Å². The van der Waals surface area contributed by atoms with Crippen LogP contribution in [0.25, 0.3) is 0 Å². The van der Waals surface area contributed by atoms with Crippen molar-refractivity contribution in [2.24, 2.45) is 5.41 Å². The quantitative estimate of drug-likeness (QED) is 0.195. The van der Waals surface area contributed by atoms with Gasteiger partial charge in [0.05, 0.1) is 28.4 Å². The number of carbonyl (C=O) groups is 2. The summed E-state index contributed by atoms with van der Waals surface area (Å²) in [5.41, 5.74) is -5.65. The molecule has 0 spiro atoms. The second-order valence-corrected chi connectivity index (χ2v) is 10.7. The van der Waals surface area contributed by atoms with Crippen LogP contribution < -0.4 is 0 Å². The molecule has 1 fully saturated rings. The minimum atomic E-state index is -3.62. The lowest BCUT2D eigenvalue weighted by atomic mass is 9.90. The Morgan fingerprint density at radius 1 is 1.05 bits per heavy atom. The molecule has 2 aliphatic rings. The molecule has 1 saturated carbocycles. The van der Waals surface area contributed by atoms with E-state index in [1.54, 1.807) is 0 Å². The summed E-state index contributed by atoms with van der Waals surface area (Å²) in [6, 6.07) is 10.5. The van der Waals surface area contributed by atoms with E-state index in [1.807, 2.05) is 0 Å². The van der Waals surface area contributed by atoms with Gasteiger partial charge < -0.3 is 25.5 Å². The van der Waals surface area contributed by atoms with Gasteiger partial charge in [-0.1, -0.05) is 35.3 Å². The Morgan fingerprint density at radius 3 is 2.20 bits per heavy atom. The Labute approximate surface area is 236 Å². The molecule has 1 aliphatic heterocycles. The van der Waals surface area contributed by atoms with Crippen LogP contribution in [0.2, 0.25) is 10.0 Å². The monoisotopic (exact) mass is 592 g/mol.